The van der Waals surface area contributed by atoms with Crippen LogP contribution in [0.2, 0.25) is 0 Å². The highest BCUT2D eigenvalue weighted by molar-refractivity contribution is 7.84. The first kappa shape index (κ1) is 12.8. The van der Waals surface area contributed by atoms with Gasteiger partial charge in [-0.2, -0.15) is 0 Å². The van der Waals surface area contributed by atoms with E-state index in [0.717, 1.165) is 25.3 Å². The Kier molecular flexibility index (Phi) is 4.93. The normalized spacial score (nSPS) is 27.7. The molecule has 0 spiro atoms. The van der Waals surface area contributed by atoms with Crippen LogP contribution in [0.25, 0.3) is 0 Å². The van der Waals surface area contributed by atoms with Crippen molar-refractivity contribution < 1.29 is 9.00 Å². The van der Waals surface area contributed by atoms with Crippen LogP contribution in [0.3, 0.4) is 0 Å². The third kappa shape index (κ3) is 4.03. The summed E-state index contributed by atoms with van der Waals surface area (Å²) in [6, 6.07) is 0.449. The molecule has 88 valence electrons. The number of carbonyl (C=O) groups is 1. The average Bonchev–Trinajstić information content (AvgIpc) is 2.18. The maximum Gasteiger partial charge on any atom is 0.138 e. The average molecular weight is 231 g/mol. The predicted molar refractivity (Wildman–Crippen MR) is 63.4 cm³/mol. The molecular weight excluding hydrogens is 210 g/mol. The van der Waals surface area contributed by atoms with Crippen LogP contribution < -0.4 is 0 Å². The molecule has 1 rings (SSSR count). The Hall–Kier alpha value is -0.220. The Morgan fingerprint density at radius 1 is 1.60 bits per heavy atom. The molecule has 0 radical (unpaired) electrons. The first-order valence-corrected chi connectivity index (χ1v) is 7.30. The van der Waals surface area contributed by atoms with Crippen molar-refractivity contribution in [2.24, 2.45) is 5.92 Å². The van der Waals surface area contributed by atoms with E-state index in [1.165, 1.54) is 0 Å². The number of rotatable bonds is 4. The quantitative estimate of drug-likeness (QED) is 0.726. The summed E-state index contributed by atoms with van der Waals surface area (Å²) in [5.41, 5.74) is 0. The summed E-state index contributed by atoms with van der Waals surface area (Å²) >= 11 is 0. The molecule has 15 heavy (non-hydrogen) atoms. The standard InChI is InChI=1S/C11H21NO2S/c1-9-8-12(6-4-11(9)13)10(2)5-7-15(3)14/h9-10H,4-8H2,1-3H3. The van der Waals surface area contributed by atoms with Gasteiger partial charge in [-0.15, -0.1) is 0 Å². The first-order valence-electron chi connectivity index (χ1n) is 5.57. The van der Waals surface area contributed by atoms with Gasteiger partial charge in [0.2, 0.25) is 0 Å². The Labute approximate surface area is 94.7 Å². The molecule has 0 N–H and O–H groups in total. The van der Waals surface area contributed by atoms with Gasteiger partial charge in [-0.25, -0.2) is 0 Å². The number of hydrogen-bond donors (Lipinski definition) is 0. The minimum Gasteiger partial charge on any atom is -0.299 e. The highest BCUT2D eigenvalue weighted by atomic mass is 32.2. The van der Waals surface area contributed by atoms with Crippen LogP contribution in [0, 0.1) is 5.92 Å². The van der Waals surface area contributed by atoms with Crippen LogP contribution in [0.5, 0.6) is 0 Å². The second-order valence-corrected chi connectivity index (χ2v) is 6.08. The number of carbonyl (C=O) groups excluding carboxylic acids is 1. The van der Waals surface area contributed by atoms with Gasteiger partial charge in [-0.3, -0.25) is 13.9 Å². The molecule has 0 bridgehead atoms. The summed E-state index contributed by atoms with van der Waals surface area (Å²) in [6.07, 6.45) is 3.39. The van der Waals surface area contributed by atoms with Crippen molar-refractivity contribution in [3.05, 3.63) is 0 Å². The predicted octanol–water partition coefficient (Wildman–Crippen LogP) is 1.05. The van der Waals surface area contributed by atoms with Crippen molar-refractivity contribution in [2.75, 3.05) is 25.1 Å². The molecule has 0 aromatic heterocycles. The molecule has 1 saturated heterocycles. The Balaban J connectivity index is 2.37. The van der Waals surface area contributed by atoms with Crippen LogP contribution in [-0.2, 0) is 15.6 Å². The largest absolute Gasteiger partial charge is 0.299 e. The molecular formula is C11H21NO2S. The summed E-state index contributed by atoms with van der Waals surface area (Å²) in [5.74, 6) is 1.32. The number of ketones is 1. The van der Waals surface area contributed by atoms with Crippen LogP contribution >= 0.6 is 0 Å². The lowest BCUT2D eigenvalue weighted by molar-refractivity contribution is -0.126. The molecule has 0 amide bonds. The molecule has 1 aliphatic heterocycles. The minimum absolute atomic E-state index is 0.174. The first-order chi connectivity index (χ1) is 7.00. The molecule has 1 heterocycles. The summed E-state index contributed by atoms with van der Waals surface area (Å²) in [4.78, 5) is 13.7. The minimum atomic E-state index is -0.700. The van der Waals surface area contributed by atoms with Gasteiger partial charge in [0, 0.05) is 54.3 Å². The van der Waals surface area contributed by atoms with E-state index in [1.807, 2.05) is 6.92 Å². The second-order valence-electron chi connectivity index (χ2n) is 4.53. The van der Waals surface area contributed by atoms with E-state index in [1.54, 1.807) is 6.26 Å². The highest BCUT2D eigenvalue weighted by Crippen LogP contribution is 2.16. The van der Waals surface area contributed by atoms with Crippen molar-refractivity contribution in [1.82, 2.24) is 4.90 Å². The highest BCUT2D eigenvalue weighted by Gasteiger charge is 2.26. The van der Waals surface area contributed by atoms with Gasteiger partial charge < -0.3 is 0 Å². The SMILES string of the molecule is CC1CN(C(C)CCS(C)=O)CCC1=O. The molecule has 4 heteroatoms. The zero-order valence-electron chi connectivity index (χ0n) is 9.86. The van der Waals surface area contributed by atoms with E-state index in [4.69, 9.17) is 0 Å². The van der Waals surface area contributed by atoms with Crippen molar-refractivity contribution in [3.63, 3.8) is 0 Å². The molecule has 1 aliphatic rings. The number of hydrogen-bond acceptors (Lipinski definition) is 3. The van der Waals surface area contributed by atoms with E-state index in [0.29, 0.717) is 18.2 Å². The lowest BCUT2D eigenvalue weighted by Crippen LogP contribution is -2.44. The topological polar surface area (TPSA) is 37.4 Å². The number of Topliss-reactive ketones (excluding diaryl/α,β-unsaturated/α-hetero) is 1. The molecule has 3 nitrogen and oxygen atoms in total. The lowest BCUT2D eigenvalue weighted by Gasteiger charge is -2.34. The van der Waals surface area contributed by atoms with E-state index in [-0.39, 0.29) is 5.92 Å². The molecule has 0 aliphatic carbocycles. The maximum atomic E-state index is 11.4. The molecule has 0 saturated carbocycles. The molecule has 3 unspecified atom stereocenters. The third-order valence-electron chi connectivity index (χ3n) is 3.15. The van der Waals surface area contributed by atoms with Crippen LogP contribution in [0.4, 0.5) is 0 Å². The monoisotopic (exact) mass is 231 g/mol. The maximum absolute atomic E-state index is 11.4. The van der Waals surface area contributed by atoms with Gasteiger partial charge in [0.15, 0.2) is 0 Å². The zero-order valence-corrected chi connectivity index (χ0v) is 10.7. The summed E-state index contributed by atoms with van der Waals surface area (Å²) < 4.78 is 11.0. The van der Waals surface area contributed by atoms with Gasteiger partial charge in [-0.05, 0) is 13.3 Å². The molecule has 1 fully saturated rings. The number of nitrogens with zero attached hydrogens (tertiary/aromatic N) is 1. The van der Waals surface area contributed by atoms with Gasteiger partial charge in [-0.1, -0.05) is 6.92 Å². The molecule has 3 atom stereocenters. The van der Waals surface area contributed by atoms with E-state index < -0.39 is 10.8 Å². The van der Waals surface area contributed by atoms with Gasteiger partial charge >= 0.3 is 0 Å². The number of likely N-dealkylation sites (tertiary alicyclic amines) is 1. The fourth-order valence-corrected chi connectivity index (χ4v) is 2.64. The van der Waals surface area contributed by atoms with Crippen molar-refractivity contribution in [1.29, 1.82) is 0 Å². The fraction of sp³-hybridized carbons (Fsp3) is 0.909. The third-order valence-corrected chi connectivity index (χ3v) is 3.96. The van der Waals surface area contributed by atoms with Crippen molar-refractivity contribution in [3.8, 4) is 0 Å². The Bertz CT molecular complexity index is 255. The summed E-state index contributed by atoms with van der Waals surface area (Å²) in [7, 11) is -0.700. The summed E-state index contributed by atoms with van der Waals surface area (Å²) in [5, 5.41) is 0. The van der Waals surface area contributed by atoms with E-state index in [9.17, 15) is 9.00 Å². The lowest BCUT2D eigenvalue weighted by atomic mass is 9.97. The van der Waals surface area contributed by atoms with Crippen molar-refractivity contribution in [2.45, 2.75) is 32.7 Å². The Morgan fingerprint density at radius 3 is 2.80 bits per heavy atom. The van der Waals surface area contributed by atoms with Crippen molar-refractivity contribution >= 4 is 16.6 Å². The van der Waals surface area contributed by atoms with E-state index in [2.05, 4.69) is 11.8 Å². The van der Waals surface area contributed by atoms with E-state index >= 15 is 0 Å². The van der Waals surface area contributed by atoms with Gasteiger partial charge in [0.25, 0.3) is 0 Å². The second kappa shape index (κ2) is 5.75. The van der Waals surface area contributed by atoms with Crippen LogP contribution in [0.15, 0.2) is 0 Å². The molecule has 0 aromatic rings. The number of piperidine rings is 1. The zero-order chi connectivity index (χ0) is 11.4. The fourth-order valence-electron chi connectivity index (χ4n) is 1.96. The van der Waals surface area contributed by atoms with Crippen LogP contribution in [0.1, 0.15) is 26.7 Å². The van der Waals surface area contributed by atoms with Gasteiger partial charge in [0.1, 0.15) is 5.78 Å². The molecule has 0 aromatic carbocycles. The van der Waals surface area contributed by atoms with Gasteiger partial charge in [0.05, 0.1) is 0 Å². The summed E-state index contributed by atoms with van der Waals surface area (Å²) in [6.45, 7) is 5.91. The Morgan fingerprint density at radius 2 is 2.27 bits per heavy atom. The smallest absolute Gasteiger partial charge is 0.138 e. The van der Waals surface area contributed by atoms with Crippen LogP contribution in [-0.4, -0.2) is 46.0 Å².